The van der Waals surface area contributed by atoms with Gasteiger partial charge in [-0.25, -0.2) is 4.79 Å². The first kappa shape index (κ1) is 31.4. The number of primary amides is 1. The summed E-state index contributed by atoms with van der Waals surface area (Å²) in [6.45, 7) is 7.11. The highest BCUT2D eigenvalue weighted by atomic mass is 16.4. The van der Waals surface area contributed by atoms with Crippen LogP contribution in [-0.2, 0) is 30.4 Å². The second-order valence-electron chi connectivity index (χ2n) is 9.61. The molecular formula is C25H39N5O7. The highest BCUT2D eigenvalue weighted by Gasteiger charge is 2.33. The Balaban J connectivity index is 3.00. The molecule has 5 atom stereocenters. The summed E-state index contributed by atoms with van der Waals surface area (Å²) in [5.41, 5.74) is 12.0. The third-order valence-corrected chi connectivity index (χ3v) is 5.88. The molecule has 0 aliphatic carbocycles. The normalized spacial score (nSPS) is 15.1. The highest BCUT2D eigenvalue weighted by molar-refractivity contribution is 5.96. The van der Waals surface area contributed by atoms with E-state index in [-0.39, 0.29) is 30.4 Å². The Morgan fingerprint density at radius 2 is 1.46 bits per heavy atom. The fourth-order valence-electron chi connectivity index (χ4n) is 3.58. The predicted molar refractivity (Wildman–Crippen MR) is 136 cm³/mol. The number of phenols is 1. The van der Waals surface area contributed by atoms with Gasteiger partial charge in [-0.2, -0.15) is 0 Å². The topological polar surface area (TPSA) is 214 Å². The fraction of sp³-hybridized carbons (Fsp3) is 0.560. The molecule has 5 unspecified atom stereocenters. The number of nitrogens with two attached hydrogens (primary N) is 2. The Labute approximate surface area is 216 Å². The number of benzene rings is 1. The van der Waals surface area contributed by atoms with Crippen molar-refractivity contribution >= 4 is 29.6 Å². The van der Waals surface area contributed by atoms with Crippen LogP contribution in [0.4, 0.5) is 0 Å². The summed E-state index contributed by atoms with van der Waals surface area (Å²) in [5.74, 6) is -4.68. The van der Waals surface area contributed by atoms with Gasteiger partial charge in [-0.15, -0.1) is 0 Å². The molecule has 37 heavy (non-hydrogen) atoms. The van der Waals surface area contributed by atoms with Crippen molar-refractivity contribution in [2.45, 2.75) is 77.5 Å². The van der Waals surface area contributed by atoms with Gasteiger partial charge < -0.3 is 37.6 Å². The molecule has 0 radical (unpaired) electrons. The Morgan fingerprint density at radius 3 is 1.95 bits per heavy atom. The second kappa shape index (κ2) is 14.8. The lowest BCUT2D eigenvalue weighted by molar-refractivity contribution is -0.143. The smallest absolute Gasteiger partial charge is 0.326 e. The number of phenolic OH excluding ortho intramolecular Hbond substituents is 1. The van der Waals surface area contributed by atoms with E-state index in [1.165, 1.54) is 12.1 Å². The minimum atomic E-state index is -1.44. The molecule has 0 saturated carbocycles. The molecule has 0 spiro atoms. The third kappa shape index (κ3) is 10.9. The molecule has 0 aromatic heterocycles. The van der Waals surface area contributed by atoms with Gasteiger partial charge in [-0.3, -0.25) is 19.2 Å². The number of aromatic hydroxyl groups is 1. The van der Waals surface area contributed by atoms with Gasteiger partial charge in [-0.1, -0.05) is 46.2 Å². The van der Waals surface area contributed by atoms with Crippen molar-refractivity contribution in [2.75, 3.05) is 0 Å². The van der Waals surface area contributed by atoms with E-state index in [4.69, 9.17) is 11.5 Å². The Morgan fingerprint density at radius 1 is 0.892 bits per heavy atom. The molecule has 9 N–H and O–H groups in total. The second-order valence-corrected chi connectivity index (χ2v) is 9.61. The molecule has 1 aromatic carbocycles. The largest absolute Gasteiger partial charge is 0.508 e. The standard InChI is InChI=1S/C25H39N5O7/c1-5-14(4)21(30-22(33)17(26)11-15-6-8-16(31)9-7-15)24(35)28-18(12-20(27)32)23(34)29-19(25(36)37)10-13(2)3/h6-9,13-14,17-19,21,31H,5,10-12,26H2,1-4H3,(H2,27,32)(H,28,35)(H,29,34)(H,30,33)(H,36,37). The van der Waals surface area contributed by atoms with Crippen LogP contribution < -0.4 is 27.4 Å². The molecule has 1 aromatic rings. The van der Waals surface area contributed by atoms with Crippen molar-refractivity contribution in [1.29, 1.82) is 0 Å². The van der Waals surface area contributed by atoms with Crippen molar-refractivity contribution in [3.8, 4) is 5.75 Å². The predicted octanol–water partition coefficient (Wildman–Crippen LogP) is -0.231. The summed E-state index contributed by atoms with van der Waals surface area (Å²) in [7, 11) is 0. The molecule has 0 aliphatic rings. The van der Waals surface area contributed by atoms with Crippen LogP contribution in [0.1, 0.15) is 52.5 Å². The van der Waals surface area contributed by atoms with Crippen LogP contribution >= 0.6 is 0 Å². The summed E-state index contributed by atoms with van der Waals surface area (Å²) in [6, 6.07) is 1.44. The zero-order chi connectivity index (χ0) is 28.3. The molecule has 4 amide bonds. The number of carboxylic acids is 1. The van der Waals surface area contributed by atoms with Gasteiger partial charge in [0.1, 0.15) is 23.9 Å². The highest BCUT2D eigenvalue weighted by Crippen LogP contribution is 2.13. The molecule has 1 rings (SSSR count). The summed E-state index contributed by atoms with van der Waals surface area (Å²) in [6.07, 6.45) is 0.226. The Bertz CT molecular complexity index is 951. The van der Waals surface area contributed by atoms with E-state index in [1.807, 2.05) is 6.92 Å². The molecule has 0 saturated heterocycles. The summed E-state index contributed by atoms with van der Waals surface area (Å²) in [4.78, 5) is 61.9. The van der Waals surface area contributed by atoms with Crippen molar-refractivity contribution in [3.63, 3.8) is 0 Å². The van der Waals surface area contributed by atoms with Gasteiger partial charge in [0, 0.05) is 0 Å². The van der Waals surface area contributed by atoms with Crippen molar-refractivity contribution in [1.82, 2.24) is 16.0 Å². The monoisotopic (exact) mass is 521 g/mol. The zero-order valence-corrected chi connectivity index (χ0v) is 21.7. The lowest BCUT2D eigenvalue weighted by Crippen LogP contribution is -2.59. The lowest BCUT2D eigenvalue weighted by atomic mass is 9.96. The maximum absolute atomic E-state index is 13.1. The van der Waals surface area contributed by atoms with Crippen LogP contribution in [0.5, 0.6) is 5.75 Å². The summed E-state index contributed by atoms with van der Waals surface area (Å²) in [5, 5.41) is 26.2. The SMILES string of the molecule is CCC(C)C(NC(=O)C(N)Cc1ccc(O)cc1)C(=O)NC(CC(N)=O)C(=O)NC(CC(C)C)C(=O)O. The number of rotatable bonds is 15. The lowest BCUT2D eigenvalue weighted by Gasteiger charge is -2.28. The van der Waals surface area contributed by atoms with E-state index in [0.717, 1.165) is 0 Å². The van der Waals surface area contributed by atoms with Gasteiger partial charge >= 0.3 is 5.97 Å². The first-order valence-electron chi connectivity index (χ1n) is 12.2. The van der Waals surface area contributed by atoms with Crippen LogP contribution in [-0.4, -0.2) is 64.0 Å². The van der Waals surface area contributed by atoms with Crippen LogP contribution in [0, 0.1) is 11.8 Å². The molecule has 0 bridgehead atoms. The molecule has 0 aliphatic heterocycles. The van der Waals surface area contributed by atoms with Crippen molar-refractivity contribution < 1.29 is 34.2 Å². The average molecular weight is 522 g/mol. The first-order valence-corrected chi connectivity index (χ1v) is 12.2. The van der Waals surface area contributed by atoms with Gasteiger partial charge in [0.15, 0.2) is 0 Å². The van der Waals surface area contributed by atoms with Gasteiger partial charge in [0.25, 0.3) is 0 Å². The number of hydrogen-bond donors (Lipinski definition) is 7. The van der Waals surface area contributed by atoms with Gasteiger partial charge in [0.05, 0.1) is 12.5 Å². The first-order chi connectivity index (χ1) is 17.2. The average Bonchev–Trinajstić information content (AvgIpc) is 2.81. The number of aliphatic carboxylic acids is 1. The van der Waals surface area contributed by atoms with Gasteiger partial charge in [0.2, 0.25) is 23.6 Å². The molecular weight excluding hydrogens is 482 g/mol. The van der Waals surface area contributed by atoms with Crippen molar-refractivity contribution in [2.24, 2.45) is 23.3 Å². The number of hydrogen-bond acceptors (Lipinski definition) is 7. The summed E-state index contributed by atoms with van der Waals surface area (Å²) < 4.78 is 0. The van der Waals surface area contributed by atoms with E-state index >= 15 is 0 Å². The minimum Gasteiger partial charge on any atom is -0.508 e. The molecule has 12 heteroatoms. The van der Waals surface area contributed by atoms with E-state index in [2.05, 4.69) is 16.0 Å². The maximum Gasteiger partial charge on any atom is 0.326 e. The molecule has 0 fully saturated rings. The number of nitrogens with one attached hydrogen (secondary N) is 3. The molecule has 0 heterocycles. The van der Waals surface area contributed by atoms with E-state index in [9.17, 15) is 34.2 Å². The number of carbonyl (C=O) groups is 5. The van der Waals surface area contributed by atoms with Crippen LogP contribution in [0.3, 0.4) is 0 Å². The van der Waals surface area contributed by atoms with Crippen LogP contribution in [0.25, 0.3) is 0 Å². The Hall–Kier alpha value is -3.67. The molecule has 12 nitrogen and oxygen atoms in total. The quantitative estimate of drug-likeness (QED) is 0.163. The number of amides is 4. The minimum absolute atomic E-state index is 0.0404. The Kier molecular flexibility index (Phi) is 12.5. The number of carbonyl (C=O) groups excluding carboxylic acids is 4. The van der Waals surface area contributed by atoms with E-state index in [0.29, 0.717) is 12.0 Å². The van der Waals surface area contributed by atoms with E-state index < -0.39 is 60.2 Å². The van der Waals surface area contributed by atoms with Crippen molar-refractivity contribution in [3.05, 3.63) is 29.8 Å². The number of carboxylic acid groups (broad SMARTS) is 1. The fourth-order valence-corrected chi connectivity index (χ4v) is 3.58. The van der Waals surface area contributed by atoms with E-state index in [1.54, 1.807) is 32.9 Å². The van der Waals surface area contributed by atoms with Crippen LogP contribution in [0.2, 0.25) is 0 Å². The third-order valence-electron chi connectivity index (χ3n) is 5.88. The van der Waals surface area contributed by atoms with Gasteiger partial charge in [-0.05, 0) is 42.4 Å². The maximum atomic E-state index is 13.1. The summed E-state index contributed by atoms with van der Waals surface area (Å²) >= 11 is 0. The zero-order valence-electron chi connectivity index (χ0n) is 21.7. The molecule has 206 valence electrons. The van der Waals surface area contributed by atoms with Crippen LogP contribution in [0.15, 0.2) is 24.3 Å².